The molecule has 1 saturated heterocycles. The van der Waals surface area contributed by atoms with E-state index in [-0.39, 0.29) is 17.7 Å². The van der Waals surface area contributed by atoms with Crippen molar-refractivity contribution >= 4 is 29.1 Å². The first-order chi connectivity index (χ1) is 14.4. The number of aliphatic hydroxyl groups excluding tert-OH is 1. The summed E-state index contributed by atoms with van der Waals surface area (Å²) in [5, 5.41) is 11.0. The van der Waals surface area contributed by atoms with Crippen molar-refractivity contribution in [3.05, 3.63) is 93.7 Å². The average Bonchev–Trinajstić information content (AvgIpc) is 2.72. The molecule has 1 N–H and O–H groups in total. The minimum Gasteiger partial charge on any atom is -0.508 e. The zero-order valence-electron chi connectivity index (χ0n) is 16.8. The van der Waals surface area contributed by atoms with Crippen LogP contribution in [0.25, 0.3) is 0 Å². The van der Waals surface area contributed by atoms with E-state index in [4.69, 9.17) is 23.2 Å². The molecule has 1 aliphatic carbocycles. The lowest BCUT2D eigenvalue weighted by Gasteiger charge is -2.51. The Morgan fingerprint density at radius 1 is 1.10 bits per heavy atom. The number of carbonyl (C=O) groups is 1. The number of allylic oxidation sites excluding steroid dienone is 1. The lowest BCUT2D eigenvalue weighted by Crippen LogP contribution is -2.60. The molecule has 2 atom stereocenters. The van der Waals surface area contributed by atoms with Crippen LogP contribution in [0.2, 0.25) is 5.02 Å². The van der Waals surface area contributed by atoms with Crippen molar-refractivity contribution in [2.24, 2.45) is 0 Å². The standard InChI is InChI=1S/C24H24Cl2N2O2/c1-24(12-11-20(29)13-22(24)26)28-21(18-7-9-19(25)10-8-18)15-27(16-23(28)30)14-17-5-3-2-4-6-17/h2-11,13,21,29H,12,14-16H2,1H3/t21-,24?/m0/s1. The molecular formula is C24H24Cl2N2O2. The van der Waals surface area contributed by atoms with Crippen LogP contribution in [0.4, 0.5) is 0 Å². The maximum atomic E-state index is 13.5. The molecule has 1 fully saturated rings. The lowest BCUT2D eigenvalue weighted by atomic mass is 9.86. The second kappa shape index (κ2) is 8.46. The number of rotatable bonds is 4. The number of piperazine rings is 1. The number of carbonyl (C=O) groups excluding carboxylic acids is 1. The van der Waals surface area contributed by atoms with Crippen molar-refractivity contribution in [3.8, 4) is 0 Å². The van der Waals surface area contributed by atoms with Crippen LogP contribution in [0, 0.1) is 0 Å². The normalized spacial score (nSPS) is 25.1. The minimum absolute atomic E-state index is 0.0148. The molecule has 4 nitrogen and oxygen atoms in total. The number of amides is 1. The molecule has 30 heavy (non-hydrogen) atoms. The van der Waals surface area contributed by atoms with Gasteiger partial charge >= 0.3 is 0 Å². The molecule has 1 heterocycles. The molecular weight excluding hydrogens is 419 g/mol. The largest absolute Gasteiger partial charge is 0.508 e. The van der Waals surface area contributed by atoms with Gasteiger partial charge in [0.2, 0.25) is 5.91 Å². The summed E-state index contributed by atoms with van der Waals surface area (Å²) in [6.45, 7) is 3.65. The Hall–Kier alpha value is -2.27. The van der Waals surface area contributed by atoms with Crippen LogP contribution in [0.1, 0.15) is 30.5 Å². The molecule has 2 aliphatic rings. The molecule has 4 rings (SSSR count). The van der Waals surface area contributed by atoms with E-state index in [0.717, 1.165) is 5.56 Å². The summed E-state index contributed by atoms with van der Waals surface area (Å²) in [6, 6.07) is 17.6. The highest BCUT2D eigenvalue weighted by Gasteiger charge is 2.46. The van der Waals surface area contributed by atoms with E-state index in [2.05, 4.69) is 17.0 Å². The Kier molecular flexibility index (Phi) is 5.92. The van der Waals surface area contributed by atoms with Crippen molar-refractivity contribution < 1.29 is 9.90 Å². The molecule has 1 unspecified atom stereocenters. The van der Waals surface area contributed by atoms with Gasteiger partial charge in [0, 0.05) is 23.1 Å². The highest BCUT2D eigenvalue weighted by atomic mass is 35.5. The summed E-state index contributed by atoms with van der Waals surface area (Å²) in [6.07, 6.45) is 3.71. The molecule has 0 spiro atoms. The van der Waals surface area contributed by atoms with Crippen molar-refractivity contribution in [3.63, 3.8) is 0 Å². The number of halogens is 2. The predicted octanol–water partition coefficient (Wildman–Crippen LogP) is 5.45. The summed E-state index contributed by atoms with van der Waals surface area (Å²) in [5.74, 6) is 0.150. The van der Waals surface area contributed by atoms with E-state index in [1.54, 1.807) is 6.08 Å². The highest BCUT2D eigenvalue weighted by Crippen LogP contribution is 2.42. The summed E-state index contributed by atoms with van der Waals surface area (Å²) in [4.78, 5) is 17.5. The smallest absolute Gasteiger partial charge is 0.238 e. The molecule has 156 valence electrons. The van der Waals surface area contributed by atoms with Gasteiger partial charge in [0.15, 0.2) is 0 Å². The minimum atomic E-state index is -0.714. The Morgan fingerprint density at radius 2 is 1.80 bits per heavy atom. The fraction of sp³-hybridized carbons (Fsp3) is 0.292. The number of hydrogen-bond acceptors (Lipinski definition) is 3. The molecule has 0 radical (unpaired) electrons. The number of aliphatic hydroxyl groups is 1. The molecule has 2 aromatic rings. The summed E-state index contributed by atoms with van der Waals surface area (Å²) in [5.41, 5.74) is 1.46. The third kappa shape index (κ3) is 4.13. The Labute approximate surface area is 187 Å². The molecule has 1 amide bonds. The number of benzene rings is 2. The first kappa shape index (κ1) is 21.0. The topological polar surface area (TPSA) is 43.8 Å². The van der Waals surface area contributed by atoms with Crippen LogP contribution < -0.4 is 0 Å². The Balaban J connectivity index is 1.69. The molecule has 0 bridgehead atoms. The third-order valence-corrected chi connectivity index (χ3v) is 6.67. The van der Waals surface area contributed by atoms with Gasteiger partial charge in [-0.2, -0.15) is 0 Å². The average molecular weight is 443 g/mol. The fourth-order valence-electron chi connectivity index (χ4n) is 4.31. The predicted molar refractivity (Wildman–Crippen MR) is 120 cm³/mol. The summed E-state index contributed by atoms with van der Waals surface area (Å²) < 4.78 is 0. The van der Waals surface area contributed by atoms with Crippen LogP contribution >= 0.6 is 23.2 Å². The highest BCUT2D eigenvalue weighted by molar-refractivity contribution is 6.31. The van der Waals surface area contributed by atoms with Gasteiger partial charge in [-0.05, 0) is 48.8 Å². The van der Waals surface area contributed by atoms with Gasteiger partial charge < -0.3 is 10.0 Å². The van der Waals surface area contributed by atoms with Crippen molar-refractivity contribution in [2.75, 3.05) is 13.1 Å². The van der Waals surface area contributed by atoms with Gasteiger partial charge in [-0.15, -0.1) is 0 Å². The quantitative estimate of drug-likeness (QED) is 0.683. The molecule has 0 aromatic heterocycles. The van der Waals surface area contributed by atoms with Crippen LogP contribution in [-0.2, 0) is 11.3 Å². The van der Waals surface area contributed by atoms with Crippen LogP contribution in [-0.4, -0.2) is 39.4 Å². The van der Waals surface area contributed by atoms with Crippen molar-refractivity contribution in [1.29, 1.82) is 0 Å². The van der Waals surface area contributed by atoms with Gasteiger partial charge in [0.1, 0.15) is 5.76 Å². The van der Waals surface area contributed by atoms with Gasteiger partial charge in [-0.1, -0.05) is 65.7 Å². The van der Waals surface area contributed by atoms with Crippen molar-refractivity contribution in [1.82, 2.24) is 9.80 Å². The van der Waals surface area contributed by atoms with E-state index in [9.17, 15) is 9.90 Å². The van der Waals surface area contributed by atoms with E-state index in [1.807, 2.05) is 54.3 Å². The van der Waals surface area contributed by atoms with Crippen LogP contribution in [0.15, 0.2) is 77.5 Å². The first-order valence-electron chi connectivity index (χ1n) is 9.97. The zero-order valence-corrected chi connectivity index (χ0v) is 18.3. The van der Waals surface area contributed by atoms with E-state index < -0.39 is 5.54 Å². The van der Waals surface area contributed by atoms with E-state index in [1.165, 1.54) is 11.6 Å². The van der Waals surface area contributed by atoms with Crippen LogP contribution in [0.3, 0.4) is 0 Å². The fourth-order valence-corrected chi connectivity index (χ4v) is 4.72. The number of hydrogen-bond donors (Lipinski definition) is 1. The van der Waals surface area contributed by atoms with E-state index in [0.29, 0.717) is 36.1 Å². The zero-order chi connectivity index (χ0) is 21.3. The third-order valence-electron chi connectivity index (χ3n) is 5.90. The van der Waals surface area contributed by atoms with Gasteiger partial charge in [-0.25, -0.2) is 0 Å². The molecule has 2 aromatic carbocycles. The monoisotopic (exact) mass is 442 g/mol. The second-order valence-corrected chi connectivity index (χ2v) is 8.93. The maximum Gasteiger partial charge on any atom is 0.238 e. The maximum absolute atomic E-state index is 13.5. The Morgan fingerprint density at radius 3 is 2.47 bits per heavy atom. The lowest BCUT2D eigenvalue weighted by molar-refractivity contribution is -0.147. The second-order valence-electron chi connectivity index (χ2n) is 8.09. The summed E-state index contributed by atoms with van der Waals surface area (Å²) >= 11 is 12.7. The van der Waals surface area contributed by atoms with Gasteiger partial charge in [0.05, 0.1) is 18.1 Å². The first-order valence-corrected chi connectivity index (χ1v) is 10.7. The van der Waals surface area contributed by atoms with Crippen LogP contribution in [0.5, 0.6) is 0 Å². The molecule has 6 heteroatoms. The van der Waals surface area contributed by atoms with Gasteiger partial charge in [-0.3, -0.25) is 9.69 Å². The summed E-state index contributed by atoms with van der Waals surface area (Å²) in [7, 11) is 0. The van der Waals surface area contributed by atoms with E-state index >= 15 is 0 Å². The SMILES string of the molecule is CC1(N2C(=O)CN(Cc3ccccc3)C[C@H]2c2ccc(Cl)cc2)CC=C(O)C=C1Cl. The van der Waals surface area contributed by atoms with Crippen molar-refractivity contribution in [2.45, 2.75) is 31.5 Å². The molecule has 1 aliphatic heterocycles. The Bertz CT molecular complexity index is 988. The molecule has 0 saturated carbocycles. The van der Waals surface area contributed by atoms with Gasteiger partial charge in [0.25, 0.3) is 0 Å². The number of nitrogens with zero attached hydrogens (tertiary/aromatic N) is 2.